The van der Waals surface area contributed by atoms with E-state index in [0.717, 1.165) is 6.26 Å². The van der Waals surface area contributed by atoms with Gasteiger partial charge in [-0.3, -0.25) is 14.5 Å². The third-order valence-electron chi connectivity index (χ3n) is 2.33. The van der Waals surface area contributed by atoms with E-state index in [2.05, 4.69) is 4.74 Å². The van der Waals surface area contributed by atoms with Crippen LogP contribution < -0.4 is 0 Å². The molecule has 17 heavy (non-hydrogen) atoms. The molecule has 1 saturated heterocycles. The number of rotatable bonds is 2. The fraction of sp³-hybridized carbons (Fsp3) is 0.300. The topological polar surface area (TPSA) is 83.9 Å². The third kappa shape index (κ3) is 1.93. The average Bonchev–Trinajstić information content (AvgIpc) is 2.27. The quantitative estimate of drug-likeness (QED) is 0.331. The van der Waals surface area contributed by atoms with Gasteiger partial charge in [-0.2, -0.15) is 0 Å². The second-order valence-corrected chi connectivity index (χ2v) is 4.55. The predicted molar refractivity (Wildman–Crippen MR) is 58.7 cm³/mol. The Morgan fingerprint density at radius 1 is 1.65 bits per heavy atom. The summed E-state index contributed by atoms with van der Waals surface area (Å²) in [5, 5.41) is 8.54. The van der Waals surface area contributed by atoms with Crippen molar-refractivity contribution in [1.82, 2.24) is 4.90 Å². The van der Waals surface area contributed by atoms with Gasteiger partial charge in [0.1, 0.15) is 17.3 Å². The highest BCUT2D eigenvalue weighted by Gasteiger charge is 2.48. The molecule has 6 nitrogen and oxygen atoms in total. The van der Waals surface area contributed by atoms with Crippen LogP contribution in [0.4, 0.5) is 0 Å². The van der Waals surface area contributed by atoms with Crippen LogP contribution in [0.15, 0.2) is 23.6 Å². The van der Waals surface area contributed by atoms with Crippen molar-refractivity contribution in [3.8, 4) is 0 Å². The summed E-state index contributed by atoms with van der Waals surface area (Å²) in [5.41, 5.74) is 0.302. The minimum atomic E-state index is -1.13. The summed E-state index contributed by atoms with van der Waals surface area (Å²) in [5.74, 6) is -1.57. The molecule has 0 bridgehead atoms. The number of aliphatic carboxylic acids is 1. The van der Waals surface area contributed by atoms with Gasteiger partial charge >= 0.3 is 11.9 Å². The van der Waals surface area contributed by atoms with Gasteiger partial charge in [-0.1, -0.05) is 0 Å². The van der Waals surface area contributed by atoms with Crippen LogP contribution in [-0.2, 0) is 19.1 Å². The van der Waals surface area contributed by atoms with Gasteiger partial charge in [-0.05, 0) is 6.08 Å². The molecule has 0 radical (unpaired) electrons. The van der Waals surface area contributed by atoms with Crippen LogP contribution in [0.2, 0.25) is 0 Å². The number of ether oxygens (including phenoxy) is 1. The first-order valence-corrected chi connectivity index (χ1v) is 5.83. The second kappa shape index (κ2) is 4.25. The molecular weight excluding hydrogens is 246 g/mol. The maximum atomic E-state index is 11.7. The Morgan fingerprint density at radius 3 is 2.94 bits per heavy atom. The van der Waals surface area contributed by atoms with Crippen molar-refractivity contribution < 1.29 is 24.2 Å². The molecule has 1 N–H and O–H groups in total. The predicted octanol–water partition coefficient (Wildman–Crippen LogP) is 0.317. The Kier molecular flexibility index (Phi) is 2.93. The summed E-state index contributed by atoms with van der Waals surface area (Å²) in [6.07, 6.45) is 2.59. The molecule has 7 heteroatoms. The largest absolute Gasteiger partial charge is 0.477 e. The maximum Gasteiger partial charge on any atom is 0.352 e. The first-order valence-electron chi connectivity index (χ1n) is 4.78. The van der Waals surface area contributed by atoms with Gasteiger partial charge in [-0.15, -0.1) is 11.8 Å². The normalized spacial score (nSPS) is 24.9. The minimum Gasteiger partial charge on any atom is -0.477 e. The lowest BCUT2D eigenvalue weighted by Gasteiger charge is -2.43. The van der Waals surface area contributed by atoms with Crippen molar-refractivity contribution in [3.05, 3.63) is 23.6 Å². The van der Waals surface area contributed by atoms with E-state index in [-0.39, 0.29) is 11.1 Å². The molecule has 1 fully saturated rings. The van der Waals surface area contributed by atoms with E-state index in [0.29, 0.717) is 11.3 Å². The Morgan fingerprint density at radius 2 is 2.35 bits per heavy atom. The van der Waals surface area contributed by atoms with E-state index in [1.165, 1.54) is 29.7 Å². The molecule has 90 valence electrons. The molecule has 2 aliphatic heterocycles. The van der Waals surface area contributed by atoms with Crippen LogP contribution in [-0.4, -0.2) is 39.0 Å². The van der Waals surface area contributed by atoms with Gasteiger partial charge in [0.2, 0.25) is 0 Å². The monoisotopic (exact) mass is 255 g/mol. The van der Waals surface area contributed by atoms with Crippen molar-refractivity contribution in [2.24, 2.45) is 0 Å². The van der Waals surface area contributed by atoms with E-state index in [9.17, 15) is 14.4 Å². The van der Waals surface area contributed by atoms with Crippen LogP contribution in [0.25, 0.3) is 0 Å². The number of hydrogen-bond donors (Lipinski definition) is 1. The Balaban J connectivity index is 2.19. The molecule has 2 rings (SSSR count). The number of thioether (sulfide) groups is 1. The third-order valence-corrected chi connectivity index (χ3v) is 3.47. The Labute approximate surface area is 101 Å². The standard InChI is InChI=1S/C10H9NO5S/c1-5(12)16-4-6-8(13)11-7(10(14)15)2-3-17-9(6)11/h2,4,9H,3H2,1H3,(H,14,15)/t9-/m0/s1. The average molecular weight is 255 g/mol. The minimum absolute atomic E-state index is 0.0151. The molecule has 0 saturated carbocycles. The number of carbonyl (C=O) groups is 3. The smallest absolute Gasteiger partial charge is 0.352 e. The lowest BCUT2D eigenvalue weighted by Crippen LogP contribution is -2.55. The molecule has 2 heterocycles. The summed E-state index contributed by atoms with van der Waals surface area (Å²) >= 11 is 1.40. The number of β-lactam (4-membered cyclic amide) rings is 1. The zero-order valence-corrected chi connectivity index (χ0v) is 9.69. The summed E-state index contributed by atoms with van der Waals surface area (Å²) in [4.78, 5) is 34.4. The fourth-order valence-electron chi connectivity index (χ4n) is 1.59. The molecule has 0 unspecified atom stereocenters. The number of amides is 1. The highest BCUT2D eigenvalue weighted by atomic mass is 32.2. The van der Waals surface area contributed by atoms with Gasteiger partial charge in [-0.25, -0.2) is 4.79 Å². The molecule has 0 aliphatic carbocycles. The lowest BCUT2D eigenvalue weighted by atomic mass is 10.1. The molecule has 0 spiro atoms. The van der Waals surface area contributed by atoms with Gasteiger partial charge in [0.25, 0.3) is 5.91 Å². The summed E-state index contributed by atoms with van der Waals surface area (Å²) in [6, 6.07) is 0. The van der Waals surface area contributed by atoms with E-state index in [1.54, 1.807) is 0 Å². The first kappa shape index (κ1) is 11.7. The van der Waals surface area contributed by atoms with Crippen molar-refractivity contribution in [3.63, 3.8) is 0 Å². The van der Waals surface area contributed by atoms with Gasteiger partial charge < -0.3 is 9.84 Å². The van der Waals surface area contributed by atoms with Gasteiger partial charge in [0.15, 0.2) is 0 Å². The summed E-state index contributed by atoms with van der Waals surface area (Å²) < 4.78 is 4.63. The van der Waals surface area contributed by atoms with E-state index < -0.39 is 17.8 Å². The van der Waals surface area contributed by atoms with E-state index >= 15 is 0 Å². The Hall–Kier alpha value is -1.76. The molecule has 2 aliphatic rings. The van der Waals surface area contributed by atoms with Crippen molar-refractivity contribution in [1.29, 1.82) is 0 Å². The zero-order valence-electron chi connectivity index (χ0n) is 8.87. The number of carbonyl (C=O) groups excluding carboxylic acids is 2. The summed E-state index contributed by atoms with van der Waals surface area (Å²) in [7, 11) is 0. The SMILES string of the molecule is CC(=O)OC=C1C(=O)N2C(C(=O)O)=CCS[C@@H]12. The van der Waals surface area contributed by atoms with Gasteiger partial charge in [0, 0.05) is 12.7 Å². The van der Waals surface area contributed by atoms with E-state index in [4.69, 9.17) is 5.11 Å². The zero-order chi connectivity index (χ0) is 12.6. The van der Waals surface area contributed by atoms with Crippen LogP contribution in [0.3, 0.4) is 0 Å². The maximum absolute atomic E-state index is 11.7. The number of esters is 1. The number of hydrogen-bond acceptors (Lipinski definition) is 5. The molecule has 1 atom stereocenters. The molecule has 0 aromatic heterocycles. The van der Waals surface area contributed by atoms with Crippen LogP contribution in [0.1, 0.15) is 6.92 Å². The van der Waals surface area contributed by atoms with E-state index in [1.807, 2.05) is 0 Å². The second-order valence-electron chi connectivity index (χ2n) is 3.44. The number of carboxylic acid groups (broad SMARTS) is 1. The fourth-order valence-corrected chi connectivity index (χ4v) is 2.72. The van der Waals surface area contributed by atoms with Gasteiger partial charge in [0.05, 0.1) is 5.57 Å². The lowest BCUT2D eigenvalue weighted by molar-refractivity contribution is -0.142. The van der Waals surface area contributed by atoms with Crippen molar-refractivity contribution in [2.45, 2.75) is 12.3 Å². The van der Waals surface area contributed by atoms with Crippen molar-refractivity contribution >= 4 is 29.6 Å². The first-order chi connectivity index (χ1) is 8.02. The number of nitrogens with zero attached hydrogens (tertiary/aromatic N) is 1. The van der Waals surface area contributed by atoms with Crippen molar-refractivity contribution in [2.75, 3.05) is 5.75 Å². The highest BCUT2D eigenvalue weighted by Crippen LogP contribution is 2.40. The van der Waals surface area contributed by atoms with Crippen LogP contribution in [0.5, 0.6) is 0 Å². The summed E-state index contributed by atoms with van der Waals surface area (Å²) in [6.45, 7) is 1.23. The highest BCUT2D eigenvalue weighted by molar-refractivity contribution is 8.00. The Bertz CT molecular complexity index is 467. The molecule has 1 amide bonds. The van der Waals surface area contributed by atoms with Crippen LogP contribution >= 0.6 is 11.8 Å². The number of fused-ring (bicyclic) bond motifs is 1. The molecular formula is C10H9NO5S. The van der Waals surface area contributed by atoms with Crippen LogP contribution in [0, 0.1) is 0 Å². The molecule has 0 aromatic rings. The molecule has 0 aromatic carbocycles. The number of carboxylic acids is 1.